The summed E-state index contributed by atoms with van der Waals surface area (Å²) in [6.45, 7) is 2.21. The Balaban J connectivity index is 1.69. The molecule has 0 bridgehead atoms. The number of benzene rings is 1. The number of aromatic nitrogens is 3. The van der Waals surface area contributed by atoms with Crippen LogP contribution >= 0.6 is 12.2 Å². The number of amides is 1. The topological polar surface area (TPSA) is 101 Å². The highest BCUT2D eigenvalue weighted by Crippen LogP contribution is 2.36. The summed E-state index contributed by atoms with van der Waals surface area (Å²) in [7, 11) is 0. The Kier molecular flexibility index (Phi) is 6.83. The van der Waals surface area contributed by atoms with Crippen molar-refractivity contribution in [2.24, 2.45) is 5.73 Å². The van der Waals surface area contributed by atoms with Crippen LogP contribution in [0.5, 0.6) is 0 Å². The minimum absolute atomic E-state index is 0.0623. The van der Waals surface area contributed by atoms with Crippen molar-refractivity contribution >= 4 is 29.1 Å². The Morgan fingerprint density at radius 3 is 2.08 bits per heavy atom. The number of piperazine rings is 1. The highest BCUT2D eigenvalue weighted by molar-refractivity contribution is 7.80. The molecule has 1 amide bonds. The number of nitrogens with two attached hydrogens (primary N) is 1. The summed E-state index contributed by atoms with van der Waals surface area (Å²) in [4.78, 5) is 23.5. The average Bonchev–Trinajstić information content (AvgIpc) is 3.28. The standard InChI is InChI=1S/C22H18F6N6O2S/c1-11-30-20(32-36-11)34-8-6-33(7-9-34)19(35)15-10-14(18(29)37)16(31-17(15)22(26,27)28)12-2-4-13(5-3-12)21(23,24)25/h2-5,10H,6-9H2,1H3,(H2,29,37). The Bertz CT molecular complexity index is 1330. The fraction of sp³-hybridized carbons (Fsp3) is 0.318. The van der Waals surface area contributed by atoms with Gasteiger partial charge in [-0.15, -0.1) is 0 Å². The van der Waals surface area contributed by atoms with Crippen LogP contribution in [-0.2, 0) is 12.4 Å². The van der Waals surface area contributed by atoms with Crippen molar-refractivity contribution in [3.8, 4) is 11.3 Å². The van der Waals surface area contributed by atoms with Crippen LogP contribution in [0.15, 0.2) is 34.9 Å². The first-order valence-electron chi connectivity index (χ1n) is 10.7. The van der Waals surface area contributed by atoms with Gasteiger partial charge in [0.05, 0.1) is 16.8 Å². The van der Waals surface area contributed by atoms with Gasteiger partial charge in [-0.2, -0.15) is 31.3 Å². The highest BCUT2D eigenvalue weighted by Gasteiger charge is 2.40. The van der Waals surface area contributed by atoms with Crippen LogP contribution in [0.1, 0.15) is 33.1 Å². The molecule has 0 saturated carbocycles. The summed E-state index contributed by atoms with van der Waals surface area (Å²) in [5, 5.41) is 3.79. The SMILES string of the molecule is Cc1nc(N2CCN(C(=O)c3cc(C(N)=S)c(-c4ccc(C(F)(F)F)cc4)nc3C(F)(F)F)CC2)no1. The van der Waals surface area contributed by atoms with Gasteiger partial charge in [0.15, 0.2) is 5.69 Å². The summed E-state index contributed by atoms with van der Waals surface area (Å²) in [5.41, 5.74) is 1.82. The smallest absolute Gasteiger partial charge is 0.389 e. The van der Waals surface area contributed by atoms with Crippen LogP contribution in [0.2, 0.25) is 0 Å². The minimum Gasteiger partial charge on any atom is -0.389 e. The molecule has 0 atom stereocenters. The molecule has 2 N–H and O–H groups in total. The number of nitrogens with zero attached hydrogens (tertiary/aromatic N) is 5. The monoisotopic (exact) mass is 544 g/mol. The van der Waals surface area contributed by atoms with Crippen LogP contribution in [0, 0.1) is 6.92 Å². The number of carbonyl (C=O) groups is 1. The van der Waals surface area contributed by atoms with Gasteiger partial charge < -0.3 is 20.1 Å². The molecular weight excluding hydrogens is 526 g/mol. The first kappa shape index (κ1) is 26.3. The normalized spacial score (nSPS) is 14.7. The first-order valence-corrected chi connectivity index (χ1v) is 11.1. The molecular formula is C22H18F6N6O2S. The number of hydrogen-bond donors (Lipinski definition) is 1. The van der Waals surface area contributed by atoms with Gasteiger partial charge in [-0.3, -0.25) is 4.79 Å². The van der Waals surface area contributed by atoms with E-state index in [0.717, 1.165) is 18.2 Å². The third kappa shape index (κ3) is 5.50. The molecule has 1 fully saturated rings. The zero-order valence-corrected chi connectivity index (χ0v) is 19.8. The maximum absolute atomic E-state index is 14.0. The van der Waals surface area contributed by atoms with Crippen molar-refractivity contribution in [3.05, 3.63) is 58.6 Å². The lowest BCUT2D eigenvalue weighted by Crippen LogP contribution is -2.49. The molecule has 2 aromatic heterocycles. The van der Waals surface area contributed by atoms with E-state index >= 15 is 0 Å². The molecule has 8 nitrogen and oxygen atoms in total. The van der Waals surface area contributed by atoms with Gasteiger partial charge in [0.1, 0.15) is 4.99 Å². The van der Waals surface area contributed by atoms with Crippen molar-refractivity contribution in [1.82, 2.24) is 20.0 Å². The zero-order chi connectivity index (χ0) is 27.1. The quantitative estimate of drug-likeness (QED) is 0.388. The summed E-state index contributed by atoms with van der Waals surface area (Å²) in [5.74, 6) is -0.299. The third-order valence-electron chi connectivity index (χ3n) is 5.64. The fourth-order valence-corrected chi connectivity index (χ4v) is 3.97. The second-order valence-corrected chi connectivity index (χ2v) is 8.55. The van der Waals surface area contributed by atoms with Crippen LogP contribution in [0.4, 0.5) is 32.3 Å². The van der Waals surface area contributed by atoms with Crippen molar-refractivity contribution in [2.75, 3.05) is 31.1 Å². The minimum atomic E-state index is -5.05. The van der Waals surface area contributed by atoms with E-state index in [9.17, 15) is 31.1 Å². The molecule has 3 heterocycles. The Morgan fingerprint density at radius 2 is 1.59 bits per heavy atom. The van der Waals surface area contributed by atoms with Gasteiger partial charge in [-0.1, -0.05) is 24.4 Å². The fourth-order valence-electron chi connectivity index (χ4n) is 3.81. The number of hydrogen-bond acceptors (Lipinski definition) is 7. The maximum atomic E-state index is 14.0. The zero-order valence-electron chi connectivity index (χ0n) is 19.0. The Morgan fingerprint density at radius 1 is 0.973 bits per heavy atom. The van der Waals surface area contributed by atoms with Gasteiger partial charge in [0.2, 0.25) is 5.89 Å². The van der Waals surface area contributed by atoms with Crippen LogP contribution in [0.3, 0.4) is 0 Å². The van der Waals surface area contributed by atoms with Crippen LogP contribution in [-0.4, -0.2) is 57.1 Å². The van der Waals surface area contributed by atoms with E-state index in [2.05, 4.69) is 15.1 Å². The third-order valence-corrected chi connectivity index (χ3v) is 5.86. The van der Waals surface area contributed by atoms with Crippen molar-refractivity contribution in [2.45, 2.75) is 19.3 Å². The van der Waals surface area contributed by atoms with Gasteiger partial charge in [0, 0.05) is 44.2 Å². The lowest BCUT2D eigenvalue weighted by molar-refractivity contribution is -0.141. The highest BCUT2D eigenvalue weighted by atomic mass is 32.1. The molecule has 3 aromatic rings. The van der Waals surface area contributed by atoms with Gasteiger partial charge in [-0.05, 0) is 23.4 Å². The summed E-state index contributed by atoms with van der Waals surface area (Å²) < 4.78 is 85.8. The number of pyridine rings is 1. The molecule has 1 aromatic carbocycles. The lowest BCUT2D eigenvalue weighted by atomic mass is 9.99. The van der Waals surface area contributed by atoms with E-state index in [1.54, 1.807) is 11.8 Å². The summed E-state index contributed by atoms with van der Waals surface area (Å²) in [6, 6.07) is 4.23. The Labute approximate surface area is 211 Å². The molecule has 1 saturated heterocycles. The van der Waals surface area contributed by atoms with E-state index in [4.69, 9.17) is 22.5 Å². The maximum Gasteiger partial charge on any atom is 0.434 e. The number of aryl methyl sites for hydroxylation is 1. The van der Waals surface area contributed by atoms with Crippen LogP contribution in [0.25, 0.3) is 11.3 Å². The van der Waals surface area contributed by atoms with Gasteiger partial charge >= 0.3 is 12.4 Å². The number of carbonyl (C=O) groups excluding carboxylic acids is 1. The van der Waals surface area contributed by atoms with Crippen molar-refractivity contribution in [3.63, 3.8) is 0 Å². The summed E-state index contributed by atoms with van der Waals surface area (Å²) in [6.07, 6.45) is -9.69. The molecule has 1 aliphatic rings. The Hall–Kier alpha value is -3.75. The first-order chi connectivity index (χ1) is 17.3. The number of rotatable bonds is 4. The lowest BCUT2D eigenvalue weighted by Gasteiger charge is -2.34. The second-order valence-electron chi connectivity index (χ2n) is 8.11. The second kappa shape index (κ2) is 9.61. The molecule has 196 valence electrons. The molecule has 0 radical (unpaired) electrons. The van der Waals surface area contributed by atoms with E-state index in [1.165, 1.54) is 4.90 Å². The van der Waals surface area contributed by atoms with E-state index in [0.29, 0.717) is 24.0 Å². The number of anilines is 1. The molecule has 4 rings (SSSR count). The van der Waals surface area contributed by atoms with E-state index in [1.807, 2.05) is 0 Å². The van der Waals surface area contributed by atoms with E-state index < -0.39 is 35.1 Å². The van der Waals surface area contributed by atoms with E-state index in [-0.39, 0.29) is 48.0 Å². The molecule has 1 aliphatic heterocycles. The molecule has 15 heteroatoms. The average molecular weight is 544 g/mol. The van der Waals surface area contributed by atoms with Crippen LogP contribution < -0.4 is 10.6 Å². The predicted octanol–water partition coefficient (Wildman–Crippen LogP) is 4.07. The summed E-state index contributed by atoms with van der Waals surface area (Å²) >= 11 is 4.97. The van der Waals surface area contributed by atoms with Gasteiger partial charge in [0.25, 0.3) is 11.9 Å². The number of alkyl halides is 6. The number of halogens is 6. The number of thiocarbonyl (C=S) groups is 1. The molecule has 0 spiro atoms. The molecule has 37 heavy (non-hydrogen) atoms. The predicted molar refractivity (Wildman–Crippen MR) is 123 cm³/mol. The largest absolute Gasteiger partial charge is 0.434 e. The van der Waals surface area contributed by atoms with Gasteiger partial charge in [-0.25, -0.2) is 4.98 Å². The van der Waals surface area contributed by atoms with Crippen molar-refractivity contribution < 1.29 is 35.7 Å². The van der Waals surface area contributed by atoms with Crippen molar-refractivity contribution in [1.29, 1.82) is 0 Å². The molecule has 0 aliphatic carbocycles. The molecule has 0 unspecified atom stereocenters.